The van der Waals surface area contributed by atoms with Gasteiger partial charge in [0.05, 0.1) is 11.7 Å². The SMILES string of the molecule is Cc1cc(C)n(C2CCCC2)n1. The van der Waals surface area contributed by atoms with Crippen molar-refractivity contribution in [3.05, 3.63) is 17.5 Å². The fraction of sp³-hybridized carbons (Fsp3) is 0.700. The van der Waals surface area contributed by atoms with Crippen molar-refractivity contribution >= 4 is 0 Å². The summed E-state index contributed by atoms with van der Waals surface area (Å²) < 4.78 is 2.21. The summed E-state index contributed by atoms with van der Waals surface area (Å²) in [5.41, 5.74) is 2.47. The van der Waals surface area contributed by atoms with Gasteiger partial charge in [-0.1, -0.05) is 12.8 Å². The molecule has 0 spiro atoms. The van der Waals surface area contributed by atoms with Crippen LogP contribution in [0.2, 0.25) is 0 Å². The van der Waals surface area contributed by atoms with E-state index in [4.69, 9.17) is 0 Å². The molecule has 1 aliphatic carbocycles. The predicted octanol–water partition coefficient (Wildman–Crippen LogP) is 2.62. The summed E-state index contributed by atoms with van der Waals surface area (Å²) in [4.78, 5) is 0. The molecule has 0 amide bonds. The fourth-order valence-electron chi connectivity index (χ4n) is 2.16. The first-order valence-electron chi connectivity index (χ1n) is 4.80. The maximum Gasteiger partial charge on any atom is 0.0596 e. The number of nitrogens with zero attached hydrogens (tertiary/aromatic N) is 2. The molecule has 1 heterocycles. The Morgan fingerprint density at radius 1 is 1.33 bits per heavy atom. The van der Waals surface area contributed by atoms with E-state index in [1.165, 1.54) is 31.4 Å². The molecule has 2 rings (SSSR count). The molecule has 2 heteroatoms. The molecule has 1 aliphatic rings. The molecule has 12 heavy (non-hydrogen) atoms. The van der Waals surface area contributed by atoms with Gasteiger partial charge in [-0.15, -0.1) is 0 Å². The first-order chi connectivity index (χ1) is 5.77. The van der Waals surface area contributed by atoms with Gasteiger partial charge in [0.15, 0.2) is 0 Å². The average Bonchev–Trinajstić information content (AvgIpc) is 2.58. The Kier molecular flexibility index (Phi) is 1.91. The molecule has 0 radical (unpaired) electrons. The van der Waals surface area contributed by atoms with Crippen molar-refractivity contribution in [2.75, 3.05) is 0 Å². The Balaban J connectivity index is 2.25. The first-order valence-corrected chi connectivity index (χ1v) is 4.80. The predicted molar refractivity (Wildman–Crippen MR) is 49.2 cm³/mol. The van der Waals surface area contributed by atoms with Crippen LogP contribution in [-0.4, -0.2) is 9.78 Å². The van der Waals surface area contributed by atoms with Crippen LogP contribution < -0.4 is 0 Å². The normalized spacial score (nSPS) is 18.8. The van der Waals surface area contributed by atoms with Gasteiger partial charge in [-0.2, -0.15) is 5.10 Å². The zero-order chi connectivity index (χ0) is 8.55. The second-order valence-electron chi connectivity index (χ2n) is 3.81. The summed E-state index contributed by atoms with van der Waals surface area (Å²) in [6, 6.07) is 2.86. The second kappa shape index (κ2) is 2.92. The summed E-state index contributed by atoms with van der Waals surface area (Å²) in [7, 11) is 0. The van der Waals surface area contributed by atoms with Crippen LogP contribution in [0, 0.1) is 13.8 Å². The van der Waals surface area contributed by atoms with Crippen molar-refractivity contribution in [3.63, 3.8) is 0 Å². The van der Waals surface area contributed by atoms with E-state index in [0.717, 1.165) is 5.69 Å². The van der Waals surface area contributed by atoms with Crippen molar-refractivity contribution in [1.82, 2.24) is 9.78 Å². The molecule has 0 aliphatic heterocycles. The Hall–Kier alpha value is -0.790. The van der Waals surface area contributed by atoms with E-state index in [0.29, 0.717) is 6.04 Å². The van der Waals surface area contributed by atoms with E-state index in [2.05, 4.69) is 29.7 Å². The number of rotatable bonds is 1. The van der Waals surface area contributed by atoms with Crippen LogP contribution in [0.5, 0.6) is 0 Å². The number of aromatic nitrogens is 2. The van der Waals surface area contributed by atoms with Gasteiger partial charge >= 0.3 is 0 Å². The van der Waals surface area contributed by atoms with Crippen LogP contribution >= 0.6 is 0 Å². The summed E-state index contributed by atoms with van der Waals surface area (Å²) in [6.45, 7) is 4.22. The number of aryl methyl sites for hydroxylation is 2. The Bertz CT molecular complexity index is 269. The minimum absolute atomic E-state index is 0.693. The van der Waals surface area contributed by atoms with Crippen molar-refractivity contribution in [3.8, 4) is 0 Å². The Labute approximate surface area is 73.6 Å². The zero-order valence-corrected chi connectivity index (χ0v) is 7.88. The topological polar surface area (TPSA) is 17.8 Å². The van der Waals surface area contributed by atoms with E-state index in [9.17, 15) is 0 Å². The van der Waals surface area contributed by atoms with Crippen molar-refractivity contribution in [1.29, 1.82) is 0 Å². The summed E-state index contributed by atoms with van der Waals surface area (Å²) in [6.07, 6.45) is 5.40. The number of hydrogen-bond donors (Lipinski definition) is 0. The molecule has 66 valence electrons. The molecule has 0 unspecified atom stereocenters. The molecule has 0 atom stereocenters. The summed E-state index contributed by atoms with van der Waals surface area (Å²) in [5, 5.41) is 4.51. The molecule has 0 bridgehead atoms. The van der Waals surface area contributed by atoms with Gasteiger partial charge in [0.25, 0.3) is 0 Å². The highest BCUT2D eigenvalue weighted by molar-refractivity contribution is 5.07. The number of hydrogen-bond acceptors (Lipinski definition) is 1. The minimum Gasteiger partial charge on any atom is -0.267 e. The fourth-order valence-corrected chi connectivity index (χ4v) is 2.16. The molecule has 0 N–H and O–H groups in total. The van der Waals surface area contributed by atoms with Gasteiger partial charge in [-0.25, -0.2) is 0 Å². The quantitative estimate of drug-likeness (QED) is 0.624. The van der Waals surface area contributed by atoms with Gasteiger partial charge in [0.1, 0.15) is 0 Å². The molecular weight excluding hydrogens is 148 g/mol. The lowest BCUT2D eigenvalue weighted by atomic mass is 10.2. The van der Waals surface area contributed by atoms with E-state index < -0.39 is 0 Å². The molecule has 1 saturated carbocycles. The van der Waals surface area contributed by atoms with Gasteiger partial charge in [-0.3, -0.25) is 4.68 Å². The van der Waals surface area contributed by atoms with Crippen LogP contribution in [0.15, 0.2) is 6.07 Å². The lowest BCUT2D eigenvalue weighted by Crippen LogP contribution is -2.08. The van der Waals surface area contributed by atoms with Crippen molar-refractivity contribution < 1.29 is 0 Å². The van der Waals surface area contributed by atoms with Gasteiger partial charge in [0, 0.05) is 5.69 Å². The highest BCUT2D eigenvalue weighted by Gasteiger charge is 2.18. The van der Waals surface area contributed by atoms with Crippen LogP contribution in [-0.2, 0) is 0 Å². The highest BCUT2D eigenvalue weighted by atomic mass is 15.3. The first kappa shape index (κ1) is 7.84. The summed E-state index contributed by atoms with van der Waals surface area (Å²) in [5.74, 6) is 0. The maximum atomic E-state index is 4.51. The second-order valence-corrected chi connectivity index (χ2v) is 3.81. The Morgan fingerprint density at radius 2 is 2.00 bits per heavy atom. The Morgan fingerprint density at radius 3 is 2.50 bits per heavy atom. The third-order valence-corrected chi connectivity index (χ3v) is 2.72. The van der Waals surface area contributed by atoms with Gasteiger partial charge < -0.3 is 0 Å². The van der Waals surface area contributed by atoms with Gasteiger partial charge in [-0.05, 0) is 32.8 Å². The van der Waals surface area contributed by atoms with Crippen molar-refractivity contribution in [2.45, 2.75) is 45.6 Å². The smallest absolute Gasteiger partial charge is 0.0596 e. The standard InChI is InChI=1S/C10H16N2/c1-8-7-9(2)12(11-8)10-5-3-4-6-10/h7,10H,3-6H2,1-2H3. The monoisotopic (exact) mass is 164 g/mol. The maximum absolute atomic E-state index is 4.51. The lowest BCUT2D eigenvalue weighted by Gasteiger charge is -2.11. The van der Waals surface area contributed by atoms with E-state index >= 15 is 0 Å². The van der Waals surface area contributed by atoms with Gasteiger partial charge in [0.2, 0.25) is 0 Å². The largest absolute Gasteiger partial charge is 0.267 e. The van der Waals surface area contributed by atoms with Crippen LogP contribution in [0.4, 0.5) is 0 Å². The molecule has 0 saturated heterocycles. The van der Waals surface area contributed by atoms with Crippen LogP contribution in [0.25, 0.3) is 0 Å². The highest BCUT2D eigenvalue weighted by Crippen LogP contribution is 2.29. The van der Waals surface area contributed by atoms with Crippen LogP contribution in [0.1, 0.15) is 43.1 Å². The molecule has 2 nitrogen and oxygen atoms in total. The van der Waals surface area contributed by atoms with E-state index in [1.807, 2.05) is 0 Å². The molecule has 1 fully saturated rings. The third kappa shape index (κ3) is 1.26. The summed E-state index contributed by atoms with van der Waals surface area (Å²) >= 11 is 0. The molecule has 1 aromatic rings. The molecular formula is C10H16N2. The molecule has 1 aromatic heterocycles. The van der Waals surface area contributed by atoms with Crippen molar-refractivity contribution in [2.24, 2.45) is 0 Å². The minimum atomic E-state index is 0.693. The zero-order valence-electron chi connectivity index (χ0n) is 7.88. The van der Waals surface area contributed by atoms with E-state index in [1.54, 1.807) is 0 Å². The van der Waals surface area contributed by atoms with E-state index in [-0.39, 0.29) is 0 Å². The average molecular weight is 164 g/mol. The lowest BCUT2D eigenvalue weighted by molar-refractivity contribution is 0.454. The van der Waals surface area contributed by atoms with Crippen LogP contribution in [0.3, 0.4) is 0 Å². The third-order valence-electron chi connectivity index (χ3n) is 2.72. The molecule has 0 aromatic carbocycles.